The molecule has 0 spiro atoms. The molecule has 0 radical (unpaired) electrons. The maximum atomic E-state index is 13.1. The molecule has 0 unspecified atom stereocenters. The maximum absolute atomic E-state index is 13.1. The van der Waals surface area contributed by atoms with Crippen molar-refractivity contribution in [2.24, 2.45) is 0 Å². The van der Waals surface area contributed by atoms with E-state index in [2.05, 4.69) is 10.1 Å². The van der Waals surface area contributed by atoms with Gasteiger partial charge in [0.25, 0.3) is 0 Å². The van der Waals surface area contributed by atoms with E-state index in [-0.39, 0.29) is 16.4 Å². The molecule has 0 aliphatic carbocycles. The van der Waals surface area contributed by atoms with Crippen molar-refractivity contribution in [3.8, 4) is 11.3 Å². The van der Waals surface area contributed by atoms with Crippen LogP contribution in [0.3, 0.4) is 0 Å². The average Bonchev–Trinajstić information content (AvgIpc) is 2.79. The molecule has 0 N–H and O–H groups in total. The van der Waals surface area contributed by atoms with Crippen LogP contribution >= 0.6 is 11.6 Å². The number of aromatic nitrogens is 3. The fraction of sp³-hybridized carbons (Fsp3) is 0.0769. The van der Waals surface area contributed by atoms with Crippen LogP contribution in [0.15, 0.2) is 42.6 Å². The summed E-state index contributed by atoms with van der Waals surface area (Å²) < 4.78 is 40.0. The maximum Gasteiger partial charge on any atom is 0.433 e. The summed E-state index contributed by atoms with van der Waals surface area (Å²) in [6, 6.07) is 9.57. The number of rotatable bonds is 1. The van der Waals surface area contributed by atoms with E-state index < -0.39 is 11.9 Å². The first kappa shape index (κ1) is 12.9. The van der Waals surface area contributed by atoms with E-state index in [1.54, 1.807) is 30.3 Å². The molecule has 3 rings (SSSR count). The Hall–Kier alpha value is -2.08. The predicted octanol–water partition coefficient (Wildman–Crippen LogP) is 4.07. The quantitative estimate of drug-likeness (QED) is 0.678. The Kier molecular flexibility index (Phi) is 2.90. The first-order chi connectivity index (χ1) is 9.47. The largest absolute Gasteiger partial charge is 0.433 e. The summed E-state index contributed by atoms with van der Waals surface area (Å²) >= 11 is 5.84. The van der Waals surface area contributed by atoms with E-state index >= 15 is 0 Å². The Labute approximate surface area is 116 Å². The molecule has 102 valence electrons. The van der Waals surface area contributed by atoms with Gasteiger partial charge in [-0.25, -0.2) is 9.50 Å². The highest BCUT2D eigenvalue weighted by Crippen LogP contribution is 2.33. The zero-order valence-electron chi connectivity index (χ0n) is 9.89. The van der Waals surface area contributed by atoms with Crippen LogP contribution in [-0.4, -0.2) is 14.6 Å². The van der Waals surface area contributed by atoms with E-state index in [9.17, 15) is 13.2 Å². The van der Waals surface area contributed by atoms with Crippen molar-refractivity contribution in [3.63, 3.8) is 0 Å². The predicted molar refractivity (Wildman–Crippen MR) is 68.4 cm³/mol. The van der Waals surface area contributed by atoms with Crippen molar-refractivity contribution in [3.05, 3.63) is 53.3 Å². The monoisotopic (exact) mass is 297 g/mol. The summed E-state index contributed by atoms with van der Waals surface area (Å²) in [6.07, 6.45) is -3.39. The van der Waals surface area contributed by atoms with E-state index in [1.807, 2.05) is 0 Å². The van der Waals surface area contributed by atoms with Gasteiger partial charge in [0.1, 0.15) is 5.02 Å². The number of hydrogen-bond acceptors (Lipinski definition) is 2. The van der Waals surface area contributed by atoms with Gasteiger partial charge >= 0.3 is 6.18 Å². The molecule has 0 bridgehead atoms. The van der Waals surface area contributed by atoms with Crippen LogP contribution in [0, 0.1) is 0 Å². The molecule has 1 aromatic carbocycles. The van der Waals surface area contributed by atoms with Gasteiger partial charge in [0.2, 0.25) is 0 Å². The third-order valence-electron chi connectivity index (χ3n) is 2.79. The van der Waals surface area contributed by atoms with Crippen molar-refractivity contribution >= 4 is 17.2 Å². The van der Waals surface area contributed by atoms with Crippen molar-refractivity contribution in [2.45, 2.75) is 6.18 Å². The van der Waals surface area contributed by atoms with E-state index in [4.69, 9.17) is 11.6 Å². The summed E-state index contributed by atoms with van der Waals surface area (Å²) in [5.41, 5.74) is -0.140. The zero-order chi connectivity index (χ0) is 14.3. The summed E-state index contributed by atoms with van der Waals surface area (Å²) in [5, 5.41) is 3.70. The second-order valence-corrected chi connectivity index (χ2v) is 4.53. The fourth-order valence-corrected chi connectivity index (χ4v) is 2.06. The van der Waals surface area contributed by atoms with Crippen molar-refractivity contribution in [1.82, 2.24) is 14.6 Å². The standard InChI is InChI=1S/C13H7ClF3N3/c14-9-7-18-20-11(13(15,16)17)6-10(19-12(9)20)8-4-2-1-3-5-8/h1-7H. The number of halogens is 4. The molecule has 3 aromatic rings. The molecule has 0 aliphatic heterocycles. The van der Waals surface area contributed by atoms with E-state index in [1.165, 1.54) is 0 Å². The second-order valence-electron chi connectivity index (χ2n) is 4.12. The molecule has 0 fully saturated rings. The third kappa shape index (κ3) is 2.12. The highest BCUT2D eigenvalue weighted by Gasteiger charge is 2.35. The van der Waals surface area contributed by atoms with Crippen molar-refractivity contribution in [1.29, 1.82) is 0 Å². The molecule has 3 nitrogen and oxygen atoms in total. The number of alkyl halides is 3. The zero-order valence-corrected chi connectivity index (χ0v) is 10.7. The SMILES string of the molecule is FC(F)(F)c1cc(-c2ccccc2)nc2c(Cl)cnn12. The van der Waals surface area contributed by atoms with Gasteiger partial charge in [0.15, 0.2) is 11.3 Å². The highest BCUT2D eigenvalue weighted by atomic mass is 35.5. The molecular weight excluding hydrogens is 291 g/mol. The molecule has 0 atom stereocenters. The lowest BCUT2D eigenvalue weighted by Crippen LogP contribution is -2.13. The topological polar surface area (TPSA) is 30.2 Å². The minimum Gasteiger partial charge on any atom is -0.227 e. The number of fused-ring (bicyclic) bond motifs is 1. The summed E-state index contributed by atoms with van der Waals surface area (Å²) in [7, 11) is 0. The van der Waals surface area contributed by atoms with Gasteiger partial charge in [-0.2, -0.15) is 18.3 Å². The van der Waals surface area contributed by atoms with Gasteiger partial charge in [-0.3, -0.25) is 0 Å². The molecule has 20 heavy (non-hydrogen) atoms. The average molecular weight is 298 g/mol. The second kappa shape index (κ2) is 4.49. The van der Waals surface area contributed by atoms with Gasteiger partial charge in [0.05, 0.1) is 11.9 Å². The van der Waals surface area contributed by atoms with Crippen LogP contribution in [0.1, 0.15) is 5.69 Å². The smallest absolute Gasteiger partial charge is 0.227 e. The lowest BCUT2D eigenvalue weighted by molar-refractivity contribution is -0.142. The van der Waals surface area contributed by atoms with Gasteiger partial charge in [-0.05, 0) is 6.07 Å². The Bertz CT molecular complexity index is 766. The van der Waals surface area contributed by atoms with Crippen LogP contribution in [-0.2, 0) is 6.18 Å². The van der Waals surface area contributed by atoms with Crippen LogP contribution in [0.4, 0.5) is 13.2 Å². The van der Waals surface area contributed by atoms with Crippen LogP contribution in [0.5, 0.6) is 0 Å². The van der Waals surface area contributed by atoms with Gasteiger partial charge in [-0.15, -0.1) is 0 Å². The third-order valence-corrected chi connectivity index (χ3v) is 3.06. The Balaban J connectivity index is 2.33. The lowest BCUT2D eigenvalue weighted by atomic mass is 10.1. The summed E-state index contributed by atoms with van der Waals surface area (Å²) in [5.74, 6) is 0. The van der Waals surface area contributed by atoms with Gasteiger partial charge in [-0.1, -0.05) is 41.9 Å². The number of benzene rings is 1. The first-order valence-electron chi connectivity index (χ1n) is 5.64. The Morgan fingerprint density at radius 2 is 1.80 bits per heavy atom. The molecule has 0 saturated carbocycles. The van der Waals surface area contributed by atoms with Crippen LogP contribution in [0.2, 0.25) is 5.02 Å². The first-order valence-corrected chi connectivity index (χ1v) is 6.01. The van der Waals surface area contributed by atoms with Gasteiger partial charge < -0.3 is 0 Å². The lowest BCUT2D eigenvalue weighted by Gasteiger charge is -2.11. The van der Waals surface area contributed by atoms with Crippen molar-refractivity contribution < 1.29 is 13.2 Å². The van der Waals surface area contributed by atoms with Gasteiger partial charge in [0, 0.05) is 5.56 Å². The normalized spacial score (nSPS) is 12.0. The Morgan fingerprint density at radius 1 is 1.10 bits per heavy atom. The molecule has 0 amide bonds. The van der Waals surface area contributed by atoms with Crippen LogP contribution < -0.4 is 0 Å². The highest BCUT2D eigenvalue weighted by molar-refractivity contribution is 6.33. The molecule has 7 heteroatoms. The number of nitrogens with zero attached hydrogens (tertiary/aromatic N) is 3. The van der Waals surface area contributed by atoms with Crippen molar-refractivity contribution in [2.75, 3.05) is 0 Å². The molecule has 2 heterocycles. The summed E-state index contributed by atoms with van der Waals surface area (Å²) in [4.78, 5) is 4.15. The Morgan fingerprint density at radius 3 is 2.45 bits per heavy atom. The van der Waals surface area contributed by atoms with E-state index in [0.717, 1.165) is 12.3 Å². The molecule has 0 saturated heterocycles. The molecule has 0 aliphatic rings. The van der Waals surface area contributed by atoms with Crippen LogP contribution in [0.25, 0.3) is 16.9 Å². The fourth-order valence-electron chi connectivity index (χ4n) is 1.89. The summed E-state index contributed by atoms with van der Waals surface area (Å²) in [6.45, 7) is 0. The molecular formula is C13H7ClF3N3. The minimum absolute atomic E-state index is 0.0136. The molecule has 2 aromatic heterocycles. The minimum atomic E-state index is -4.54. The number of hydrogen-bond donors (Lipinski definition) is 0. The van der Waals surface area contributed by atoms with E-state index in [0.29, 0.717) is 10.1 Å².